The van der Waals surface area contributed by atoms with Gasteiger partial charge in [-0.05, 0) is 24.3 Å². The fraction of sp³-hybridized carbons (Fsp3) is 0.0833. The molecule has 0 fully saturated rings. The molecule has 100 valence electrons. The fourth-order valence-electron chi connectivity index (χ4n) is 1.44. The van der Waals surface area contributed by atoms with Crippen LogP contribution in [0.15, 0.2) is 39.8 Å². The molecule has 0 saturated heterocycles. The minimum absolute atomic E-state index is 0.338. The van der Waals surface area contributed by atoms with Crippen molar-refractivity contribution in [3.05, 3.63) is 47.7 Å². The lowest BCUT2D eigenvalue weighted by molar-refractivity contribution is 0.0953. The summed E-state index contributed by atoms with van der Waals surface area (Å²) in [7, 11) is 0. The van der Waals surface area contributed by atoms with E-state index in [1.165, 1.54) is 36.2 Å². The summed E-state index contributed by atoms with van der Waals surface area (Å²) in [4.78, 5) is 11.9. The molecule has 0 aliphatic rings. The molecule has 0 unspecified atom stereocenters. The summed E-state index contributed by atoms with van der Waals surface area (Å²) in [6, 6.07) is 5.74. The monoisotopic (exact) mass is 281 g/mol. The maximum absolute atomic E-state index is 13.1. The first-order valence-corrected chi connectivity index (χ1v) is 6.35. The highest BCUT2D eigenvalue weighted by molar-refractivity contribution is 7.98. The molecule has 0 bridgehead atoms. The van der Waals surface area contributed by atoms with Gasteiger partial charge < -0.3 is 10.2 Å². The van der Waals surface area contributed by atoms with E-state index in [1.54, 1.807) is 6.07 Å². The third-order valence-corrected chi connectivity index (χ3v) is 3.49. The molecule has 5 N–H and O–H groups in total. The Morgan fingerprint density at radius 1 is 1.42 bits per heavy atom. The molecule has 0 spiro atoms. The Hall–Kier alpha value is -1.99. The van der Waals surface area contributed by atoms with Crippen LogP contribution in [-0.4, -0.2) is 5.91 Å². The van der Waals surface area contributed by atoms with Gasteiger partial charge in [0.25, 0.3) is 5.91 Å². The Kier molecular flexibility index (Phi) is 4.08. The lowest BCUT2D eigenvalue weighted by Crippen LogP contribution is -2.29. The quantitative estimate of drug-likeness (QED) is 0.261. The molecule has 0 aliphatic heterocycles. The zero-order valence-corrected chi connectivity index (χ0v) is 10.7. The lowest BCUT2D eigenvalue weighted by atomic mass is 10.3. The van der Waals surface area contributed by atoms with E-state index in [-0.39, 0.29) is 5.82 Å². The molecule has 5 nitrogen and oxygen atoms in total. The van der Waals surface area contributed by atoms with Gasteiger partial charge in [-0.25, -0.2) is 10.2 Å². The number of amides is 1. The third-order valence-electron chi connectivity index (χ3n) is 2.39. The van der Waals surface area contributed by atoms with E-state index in [1.807, 2.05) is 5.43 Å². The highest BCUT2D eigenvalue weighted by atomic mass is 32.2. The van der Waals surface area contributed by atoms with Gasteiger partial charge in [-0.15, -0.1) is 11.8 Å². The third kappa shape index (κ3) is 3.27. The maximum atomic E-state index is 13.1. The summed E-state index contributed by atoms with van der Waals surface area (Å²) >= 11 is 1.33. The Morgan fingerprint density at radius 2 is 2.21 bits per heavy atom. The van der Waals surface area contributed by atoms with Crippen LogP contribution in [0.2, 0.25) is 0 Å². The Labute approximate surface area is 113 Å². The normalized spacial score (nSPS) is 10.4. The number of nitrogens with two attached hydrogens (primary N) is 2. The summed E-state index contributed by atoms with van der Waals surface area (Å²) in [6.07, 6.45) is 1.31. The smallest absolute Gasteiger partial charge is 0.268 e. The first-order chi connectivity index (χ1) is 9.10. The predicted octanol–water partition coefficient (Wildman–Crippen LogP) is 1.90. The van der Waals surface area contributed by atoms with Crippen LogP contribution in [0.4, 0.5) is 10.1 Å². The second kappa shape index (κ2) is 5.77. The predicted molar refractivity (Wildman–Crippen MR) is 70.7 cm³/mol. The van der Waals surface area contributed by atoms with Crippen molar-refractivity contribution in [2.24, 2.45) is 5.84 Å². The highest BCUT2D eigenvalue weighted by Crippen LogP contribution is 2.29. The summed E-state index contributed by atoms with van der Waals surface area (Å²) < 4.78 is 18.3. The number of thioether (sulfide) groups is 1. The van der Waals surface area contributed by atoms with E-state index in [4.69, 9.17) is 16.0 Å². The molecular formula is C12H12FN3O2S. The number of nitrogens with one attached hydrogen (secondary N) is 1. The van der Waals surface area contributed by atoms with Gasteiger partial charge in [0.05, 0.1) is 11.3 Å². The minimum Gasteiger partial charge on any atom is -0.468 e. The van der Waals surface area contributed by atoms with Crippen molar-refractivity contribution in [3.8, 4) is 0 Å². The van der Waals surface area contributed by atoms with Gasteiger partial charge in [0, 0.05) is 10.6 Å². The topological polar surface area (TPSA) is 94.3 Å². The first-order valence-electron chi connectivity index (χ1n) is 5.36. The van der Waals surface area contributed by atoms with Crippen molar-refractivity contribution in [3.63, 3.8) is 0 Å². The van der Waals surface area contributed by atoms with Crippen LogP contribution in [0.3, 0.4) is 0 Å². The minimum atomic E-state index is -0.426. The van der Waals surface area contributed by atoms with Gasteiger partial charge in [0.1, 0.15) is 17.8 Å². The van der Waals surface area contributed by atoms with Crippen molar-refractivity contribution < 1.29 is 13.6 Å². The van der Waals surface area contributed by atoms with E-state index in [2.05, 4.69) is 0 Å². The summed E-state index contributed by atoms with van der Waals surface area (Å²) in [6.45, 7) is 0. The Balaban J connectivity index is 2.04. The highest BCUT2D eigenvalue weighted by Gasteiger charge is 2.10. The number of rotatable bonds is 4. The Morgan fingerprint density at radius 3 is 2.95 bits per heavy atom. The van der Waals surface area contributed by atoms with E-state index < -0.39 is 5.91 Å². The molecule has 2 rings (SSSR count). The van der Waals surface area contributed by atoms with Crippen LogP contribution < -0.4 is 17.0 Å². The standard InChI is InChI=1S/C12H12FN3O2S/c13-8-1-2-10(14)11(4-8)19-6-9-3-7(5-18-9)12(17)16-15/h1-5H,6,14-15H2,(H,16,17). The van der Waals surface area contributed by atoms with Crippen molar-refractivity contribution >= 4 is 23.4 Å². The fourth-order valence-corrected chi connectivity index (χ4v) is 2.32. The summed E-state index contributed by atoms with van der Waals surface area (Å²) in [5.41, 5.74) is 8.58. The number of carbonyl (C=O) groups excluding carboxylic acids is 1. The van der Waals surface area contributed by atoms with Crippen molar-refractivity contribution in [1.82, 2.24) is 5.43 Å². The molecule has 1 heterocycles. The molecule has 0 atom stereocenters. The zero-order chi connectivity index (χ0) is 13.8. The number of hydrazine groups is 1. The van der Waals surface area contributed by atoms with Gasteiger partial charge in [0.15, 0.2) is 0 Å². The number of furan rings is 1. The molecule has 0 saturated carbocycles. The number of anilines is 1. The zero-order valence-electron chi connectivity index (χ0n) is 9.85. The van der Waals surface area contributed by atoms with E-state index in [0.717, 1.165) is 0 Å². The van der Waals surface area contributed by atoms with Crippen molar-refractivity contribution in [2.75, 3.05) is 5.73 Å². The largest absolute Gasteiger partial charge is 0.468 e. The second-order valence-electron chi connectivity index (χ2n) is 3.75. The van der Waals surface area contributed by atoms with Gasteiger partial charge in [-0.2, -0.15) is 0 Å². The Bertz CT molecular complexity index is 600. The van der Waals surface area contributed by atoms with Crippen LogP contribution in [0, 0.1) is 5.82 Å². The lowest BCUT2D eigenvalue weighted by Gasteiger charge is -2.03. The SMILES string of the molecule is NNC(=O)c1coc(CSc2cc(F)ccc2N)c1. The van der Waals surface area contributed by atoms with Crippen LogP contribution in [0.25, 0.3) is 0 Å². The van der Waals surface area contributed by atoms with E-state index in [0.29, 0.717) is 27.7 Å². The summed E-state index contributed by atoms with van der Waals surface area (Å²) in [5.74, 6) is 5.25. The molecule has 1 aromatic heterocycles. The van der Waals surface area contributed by atoms with Gasteiger partial charge in [-0.1, -0.05) is 0 Å². The summed E-state index contributed by atoms with van der Waals surface area (Å²) in [5, 5.41) is 0. The van der Waals surface area contributed by atoms with E-state index >= 15 is 0 Å². The molecule has 1 amide bonds. The van der Waals surface area contributed by atoms with Crippen molar-refractivity contribution in [1.29, 1.82) is 0 Å². The van der Waals surface area contributed by atoms with Crippen LogP contribution in [-0.2, 0) is 5.75 Å². The molecular weight excluding hydrogens is 269 g/mol. The number of carbonyl (C=O) groups is 1. The molecule has 0 radical (unpaired) electrons. The van der Waals surface area contributed by atoms with Gasteiger partial charge in [0.2, 0.25) is 0 Å². The number of hydrogen-bond donors (Lipinski definition) is 3. The molecule has 2 aromatic rings. The van der Waals surface area contributed by atoms with E-state index in [9.17, 15) is 9.18 Å². The number of benzene rings is 1. The van der Waals surface area contributed by atoms with Crippen LogP contribution >= 0.6 is 11.8 Å². The van der Waals surface area contributed by atoms with Crippen molar-refractivity contribution in [2.45, 2.75) is 10.6 Å². The van der Waals surface area contributed by atoms with Crippen LogP contribution in [0.1, 0.15) is 16.1 Å². The average Bonchev–Trinajstić information content (AvgIpc) is 2.88. The maximum Gasteiger partial charge on any atom is 0.268 e. The molecule has 7 heteroatoms. The number of hydrogen-bond acceptors (Lipinski definition) is 5. The molecule has 1 aromatic carbocycles. The number of nitrogen functional groups attached to an aromatic ring is 2. The van der Waals surface area contributed by atoms with Gasteiger partial charge >= 0.3 is 0 Å². The van der Waals surface area contributed by atoms with Crippen LogP contribution in [0.5, 0.6) is 0 Å². The number of halogens is 1. The second-order valence-corrected chi connectivity index (χ2v) is 4.76. The molecule has 0 aliphatic carbocycles. The molecule has 19 heavy (non-hydrogen) atoms. The average molecular weight is 281 g/mol. The first kappa shape index (κ1) is 13.4. The van der Waals surface area contributed by atoms with Gasteiger partial charge in [-0.3, -0.25) is 10.2 Å².